The summed E-state index contributed by atoms with van der Waals surface area (Å²) in [5, 5.41) is 5.62. The van der Waals surface area contributed by atoms with Crippen LogP contribution in [0.2, 0.25) is 0 Å². The number of thiazole rings is 1. The molecule has 1 saturated heterocycles. The van der Waals surface area contributed by atoms with Gasteiger partial charge in [0.2, 0.25) is 15.9 Å². The summed E-state index contributed by atoms with van der Waals surface area (Å²) in [6, 6.07) is 16.7. The van der Waals surface area contributed by atoms with E-state index in [-0.39, 0.29) is 18.1 Å². The lowest BCUT2D eigenvalue weighted by Gasteiger charge is -2.17. The van der Waals surface area contributed by atoms with E-state index < -0.39 is 10.0 Å². The zero-order valence-electron chi connectivity index (χ0n) is 15.0. The fraction of sp³-hybridized carbons (Fsp3) is 0.200. The third kappa shape index (κ3) is 4.07. The Hall–Kier alpha value is -2.71. The number of hydrogen-bond donors (Lipinski definition) is 1. The second kappa shape index (κ2) is 7.73. The average Bonchev–Trinajstić information content (AvgIpc) is 3.29. The maximum absolute atomic E-state index is 12.3. The van der Waals surface area contributed by atoms with E-state index in [9.17, 15) is 13.2 Å². The number of carbonyl (C=O) groups is 1. The second-order valence-corrected chi connectivity index (χ2v) is 9.39. The summed E-state index contributed by atoms with van der Waals surface area (Å²) in [6.07, 6.45) is 0.824. The highest BCUT2D eigenvalue weighted by atomic mass is 32.2. The molecule has 0 unspecified atom stereocenters. The molecule has 0 radical (unpaired) electrons. The van der Waals surface area contributed by atoms with Crippen molar-refractivity contribution >= 4 is 38.6 Å². The molecule has 6 nitrogen and oxygen atoms in total. The molecule has 1 fully saturated rings. The van der Waals surface area contributed by atoms with E-state index in [2.05, 4.69) is 10.3 Å². The van der Waals surface area contributed by atoms with Gasteiger partial charge in [0.1, 0.15) is 5.01 Å². The van der Waals surface area contributed by atoms with Gasteiger partial charge in [-0.3, -0.25) is 9.10 Å². The first-order valence-corrected chi connectivity index (χ1v) is 11.4. The molecule has 1 aromatic heterocycles. The fourth-order valence-corrected chi connectivity index (χ4v) is 5.50. The van der Waals surface area contributed by atoms with Crippen LogP contribution < -0.4 is 9.62 Å². The molecule has 2 heterocycles. The molecule has 0 aliphatic carbocycles. The Kier molecular flexibility index (Phi) is 5.15. The molecule has 1 aliphatic heterocycles. The van der Waals surface area contributed by atoms with Gasteiger partial charge in [-0.25, -0.2) is 13.4 Å². The van der Waals surface area contributed by atoms with Crippen molar-refractivity contribution < 1.29 is 13.2 Å². The third-order valence-corrected chi connectivity index (χ3v) is 7.26. The van der Waals surface area contributed by atoms with E-state index in [1.165, 1.54) is 15.6 Å². The highest BCUT2D eigenvalue weighted by molar-refractivity contribution is 7.93. The van der Waals surface area contributed by atoms with Gasteiger partial charge in [0.05, 0.1) is 23.6 Å². The van der Waals surface area contributed by atoms with E-state index >= 15 is 0 Å². The second-order valence-electron chi connectivity index (χ2n) is 6.52. The Morgan fingerprint density at radius 1 is 1.11 bits per heavy atom. The minimum atomic E-state index is -3.20. The van der Waals surface area contributed by atoms with Crippen molar-refractivity contribution in [2.75, 3.05) is 21.9 Å². The standard InChI is InChI=1S/C20H19N3O3S2/c24-19(13-17-14-27-20(22-17)15-5-2-1-3-6-15)21-16-7-9-18(10-8-16)23-11-4-12-28(23,25)26/h1-3,5-10,14H,4,11-13H2,(H,21,24). The molecule has 0 spiro atoms. The van der Waals surface area contributed by atoms with Gasteiger partial charge >= 0.3 is 0 Å². The fourth-order valence-electron chi connectivity index (χ4n) is 3.11. The Balaban J connectivity index is 1.38. The number of hydrogen-bond acceptors (Lipinski definition) is 5. The van der Waals surface area contributed by atoms with Crippen molar-refractivity contribution in [3.05, 3.63) is 65.7 Å². The summed E-state index contributed by atoms with van der Waals surface area (Å²) in [4.78, 5) is 16.8. The van der Waals surface area contributed by atoms with Crippen LogP contribution >= 0.6 is 11.3 Å². The van der Waals surface area contributed by atoms with Gasteiger partial charge in [-0.1, -0.05) is 30.3 Å². The molecule has 28 heavy (non-hydrogen) atoms. The number of benzene rings is 2. The monoisotopic (exact) mass is 413 g/mol. The lowest BCUT2D eigenvalue weighted by Crippen LogP contribution is -2.25. The summed E-state index contributed by atoms with van der Waals surface area (Å²) < 4.78 is 25.4. The average molecular weight is 414 g/mol. The molecule has 0 bridgehead atoms. The van der Waals surface area contributed by atoms with Crippen molar-refractivity contribution in [3.8, 4) is 10.6 Å². The van der Waals surface area contributed by atoms with E-state index in [0.717, 1.165) is 16.3 Å². The number of aromatic nitrogens is 1. The predicted octanol–water partition coefficient (Wildman–Crippen LogP) is 3.53. The van der Waals surface area contributed by atoms with E-state index in [4.69, 9.17) is 0 Å². The molecule has 0 saturated carbocycles. The van der Waals surface area contributed by atoms with E-state index in [1.54, 1.807) is 24.3 Å². The van der Waals surface area contributed by atoms with Crippen LogP contribution in [0.25, 0.3) is 10.6 Å². The van der Waals surface area contributed by atoms with Crippen LogP contribution in [-0.4, -0.2) is 31.6 Å². The Labute approximate surface area is 167 Å². The smallest absolute Gasteiger partial charge is 0.235 e. The van der Waals surface area contributed by atoms with Crippen LogP contribution in [0.15, 0.2) is 60.0 Å². The first kappa shape index (κ1) is 18.6. The molecule has 2 aromatic carbocycles. The summed E-state index contributed by atoms with van der Waals surface area (Å²) in [6.45, 7) is 0.502. The summed E-state index contributed by atoms with van der Waals surface area (Å²) in [7, 11) is -3.20. The topological polar surface area (TPSA) is 79.4 Å². The molecule has 1 aliphatic rings. The van der Waals surface area contributed by atoms with Gasteiger partial charge in [0.15, 0.2) is 0 Å². The number of carbonyl (C=O) groups excluding carboxylic acids is 1. The number of rotatable bonds is 5. The zero-order chi connectivity index (χ0) is 19.6. The molecule has 0 atom stereocenters. The van der Waals surface area contributed by atoms with Gasteiger partial charge in [0, 0.05) is 23.2 Å². The highest BCUT2D eigenvalue weighted by Crippen LogP contribution is 2.26. The van der Waals surface area contributed by atoms with Gasteiger partial charge in [-0.05, 0) is 30.7 Å². The largest absolute Gasteiger partial charge is 0.326 e. The first-order valence-electron chi connectivity index (χ1n) is 8.91. The number of sulfonamides is 1. The minimum Gasteiger partial charge on any atom is -0.326 e. The van der Waals surface area contributed by atoms with E-state index in [0.29, 0.717) is 24.3 Å². The first-order chi connectivity index (χ1) is 13.5. The number of nitrogens with zero attached hydrogens (tertiary/aromatic N) is 2. The van der Waals surface area contributed by atoms with Gasteiger partial charge in [-0.15, -0.1) is 11.3 Å². The molecular weight excluding hydrogens is 394 g/mol. The molecule has 4 rings (SSSR count). The maximum Gasteiger partial charge on any atom is 0.235 e. The quantitative estimate of drug-likeness (QED) is 0.694. The van der Waals surface area contributed by atoms with Crippen LogP contribution in [0.1, 0.15) is 12.1 Å². The molecule has 1 amide bonds. The van der Waals surface area contributed by atoms with Gasteiger partial charge < -0.3 is 5.32 Å². The predicted molar refractivity (Wildman–Crippen MR) is 112 cm³/mol. The molecular formula is C20H19N3O3S2. The summed E-state index contributed by atoms with van der Waals surface area (Å²) >= 11 is 1.51. The van der Waals surface area contributed by atoms with Gasteiger partial charge in [-0.2, -0.15) is 0 Å². The zero-order valence-corrected chi connectivity index (χ0v) is 16.7. The highest BCUT2D eigenvalue weighted by Gasteiger charge is 2.28. The van der Waals surface area contributed by atoms with Crippen LogP contribution in [0.3, 0.4) is 0 Å². The molecule has 8 heteroatoms. The van der Waals surface area contributed by atoms with Crippen LogP contribution in [0.4, 0.5) is 11.4 Å². The third-order valence-electron chi connectivity index (χ3n) is 4.45. The lowest BCUT2D eigenvalue weighted by atomic mass is 10.2. The van der Waals surface area contributed by atoms with E-state index in [1.807, 2.05) is 35.7 Å². The van der Waals surface area contributed by atoms with Crippen LogP contribution in [0.5, 0.6) is 0 Å². The van der Waals surface area contributed by atoms with Crippen molar-refractivity contribution in [1.29, 1.82) is 0 Å². The molecule has 1 N–H and O–H groups in total. The molecule has 3 aromatic rings. The van der Waals surface area contributed by atoms with Crippen LogP contribution in [0, 0.1) is 0 Å². The minimum absolute atomic E-state index is 0.161. The van der Waals surface area contributed by atoms with Crippen molar-refractivity contribution in [2.45, 2.75) is 12.8 Å². The molecule has 144 valence electrons. The SMILES string of the molecule is O=C(Cc1csc(-c2ccccc2)n1)Nc1ccc(N2CCCS2(=O)=O)cc1. The van der Waals surface area contributed by atoms with Crippen molar-refractivity contribution in [2.24, 2.45) is 0 Å². The number of nitrogens with one attached hydrogen (secondary N) is 1. The van der Waals surface area contributed by atoms with Crippen molar-refractivity contribution in [1.82, 2.24) is 4.98 Å². The Bertz CT molecular complexity index is 1080. The van der Waals surface area contributed by atoms with Crippen LogP contribution in [-0.2, 0) is 21.2 Å². The number of amides is 1. The maximum atomic E-state index is 12.3. The Morgan fingerprint density at radius 3 is 2.54 bits per heavy atom. The normalized spacial score (nSPS) is 15.5. The summed E-state index contributed by atoms with van der Waals surface area (Å²) in [5.41, 5.74) is 3.01. The Morgan fingerprint density at radius 2 is 1.86 bits per heavy atom. The number of anilines is 2. The van der Waals surface area contributed by atoms with Gasteiger partial charge in [0.25, 0.3) is 0 Å². The lowest BCUT2D eigenvalue weighted by molar-refractivity contribution is -0.115. The van der Waals surface area contributed by atoms with Crippen molar-refractivity contribution in [3.63, 3.8) is 0 Å². The summed E-state index contributed by atoms with van der Waals surface area (Å²) in [5.74, 6) is 0.0239.